The summed E-state index contributed by atoms with van der Waals surface area (Å²) >= 11 is 0. The van der Waals surface area contributed by atoms with Gasteiger partial charge in [-0.05, 0) is 24.3 Å². The van der Waals surface area contributed by atoms with Crippen LogP contribution in [0.3, 0.4) is 0 Å². The van der Waals surface area contributed by atoms with Gasteiger partial charge in [0, 0.05) is 6.20 Å². The molecule has 0 saturated heterocycles. The van der Waals surface area contributed by atoms with E-state index in [1.54, 1.807) is 0 Å². The molecule has 0 saturated carbocycles. The molecule has 0 radical (unpaired) electrons. The molecule has 0 aliphatic carbocycles. The van der Waals surface area contributed by atoms with Crippen molar-refractivity contribution in [1.82, 2.24) is 10.6 Å². The topological polar surface area (TPSA) is 24.1 Å². The highest BCUT2D eigenvalue weighted by atomic mass is 15.2. The smallest absolute Gasteiger partial charge is 0.0931 e. The van der Waals surface area contributed by atoms with E-state index in [0.717, 1.165) is 0 Å². The molecule has 1 aliphatic rings. The highest BCUT2D eigenvalue weighted by molar-refractivity contribution is 5.40. The average molecular weight is 220 g/mol. The van der Waals surface area contributed by atoms with Crippen LogP contribution in [-0.2, 0) is 0 Å². The lowest BCUT2D eigenvalue weighted by atomic mass is 10.0. The van der Waals surface area contributed by atoms with Crippen LogP contribution in [0.5, 0.6) is 0 Å². The molecular weight excluding hydrogens is 196 g/mol. The number of hydrogen-bond acceptors (Lipinski definition) is 2. The normalized spacial score (nSPS) is 21.6. The second-order valence-electron chi connectivity index (χ2n) is 5.06. The molecule has 1 heterocycles. The Kier molecular flexibility index (Phi) is 4.66. The Morgan fingerprint density at radius 2 is 1.94 bits per heavy atom. The molecular formula is C14H24N2. The monoisotopic (exact) mass is 220 g/mol. The molecule has 1 atom stereocenters. The van der Waals surface area contributed by atoms with Crippen molar-refractivity contribution in [2.45, 2.75) is 40.8 Å². The molecule has 0 fully saturated rings. The first-order chi connectivity index (χ1) is 7.49. The Balaban J connectivity index is 2.80. The average Bonchev–Trinajstić information content (AvgIpc) is 2.58. The van der Waals surface area contributed by atoms with E-state index < -0.39 is 0 Å². The van der Waals surface area contributed by atoms with Gasteiger partial charge in [0.05, 0.1) is 11.9 Å². The van der Waals surface area contributed by atoms with E-state index in [-0.39, 0.29) is 0 Å². The van der Waals surface area contributed by atoms with Crippen molar-refractivity contribution < 1.29 is 0 Å². The molecule has 0 aromatic heterocycles. The lowest BCUT2D eigenvalue weighted by Crippen LogP contribution is -2.28. The summed E-state index contributed by atoms with van der Waals surface area (Å²) in [7, 11) is 0. The minimum atomic E-state index is 0.331. The van der Waals surface area contributed by atoms with Crippen LogP contribution in [0.1, 0.15) is 34.6 Å². The Morgan fingerprint density at radius 1 is 1.25 bits per heavy atom. The second kappa shape index (κ2) is 5.78. The summed E-state index contributed by atoms with van der Waals surface area (Å²) < 4.78 is 0. The molecule has 0 bridgehead atoms. The number of rotatable bonds is 4. The molecule has 2 N–H and O–H groups in total. The summed E-state index contributed by atoms with van der Waals surface area (Å²) in [4.78, 5) is 0. The maximum Gasteiger partial charge on any atom is 0.0931 e. The molecule has 0 aromatic carbocycles. The number of allylic oxidation sites excluding steroid dienone is 3. The zero-order valence-electron chi connectivity index (χ0n) is 11.0. The van der Waals surface area contributed by atoms with Gasteiger partial charge in [0.15, 0.2) is 0 Å². The summed E-state index contributed by atoms with van der Waals surface area (Å²) in [6.45, 7) is 10.9. The SMILES string of the molecule is CC(C)/C=C\C(=C/C(C)C)C1=CNC(C)N1. The van der Waals surface area contributed by atoms with Crippen LogP contribution in [0.15, 0.2) is 35.7 Å². The third-order valence-corrected chi connectivity index (χ3v) is 2.33. The fraction of sp³-hybridized carbons (Fsp3) is 0.571. The molecule has 1 rings (SSSR count). The van der Waals surface area contributed by atoms with E-state index in [1.165, 1.54) is 11.3 Å². The van der Waals surface area contributed by atoms with E-state index >= 15 is 0 Å². The van der Waals surface area contributed by atoms with E-state index in [1.807, 2.05) is 0 Å². The molecule has 16 heavy (non-hydrogen) atoms. The Hall–Kier alpha value is -1.18. The van der Waals surface area contributed by atoms with E-state index in [4.69, 9.17) is 0 Å². The first-order valence-corrected chi connectivity index (χ1v) is 6.12. The molecule has 2 heteroatoms. The van der Waals surface area contributed by atoms with Crippen molar-refractivity contribution in [3.8, 4) is 0 Å². The van der Waals surface area contributed by atoms with E-state index in [2.05, 4.69) is 69.7 Å². The first kappa shape index (κ1) is 12.9. The number of hydrogen-bond donors (Lipinski definition) is 2. The van der Waals surface area contributed by atoms with Crippen molar-refractivity contribution in [3.05, 3.63) is 35.7 Å². The molecule has 2 nitrogen and oxygen atoms in total. The van der Waals surface area contributed by atoms with E-state index in [9.17, 15) is 0 Å². The zero-order chi connectivity index (χ0) is 12.1. The number of nitrogens with one attached hydrogen (secondary N) is 2. The Morgan fingerprint density at radius 3 is 2.38 bits per heavy atom. The fourth-order valence-electron chi connectivity index (χ4n) is 1.58. The van der Waals surface area contributed by atoms with Gasteiger partial charge in [-0.3, -0.25) is 0 Å². The van der Waals surface area contributed by atoms with Crippen LogP contribution >= 0.6 is 0 Å². The lowest BCUT2D eigenvalue weighted by molar-refractivity contribution is 0.615. The minimum absolute atomic E-state index is 0.331. The van der Waals surface area contributed by atoms with Crippen molar-refractivity contribution in [2.24, 2.45) is 11.8 Å². The maximum atomic E-state index is 3.41. The highest BCUT2D eigenvalue weighted by Gasteiger charge is 2.12. The van der Waals surface area contributed by atoms with Crippen LogP contribution < -0.4 is 10.6 Å². The van der Waals surface area contributed by atoms with Gasteiger partial charge in [-0.25, -0.2) is 0 Å². The summed E-state index contributed by atoms with van der Waals surface area (Å²) in [5.41, 5.74) is 2.47. The van der Waals surface area contributed by atoms with Gasteiger partial charge in [-0.1, -0.05) is 45.9 Å². The summed E-state index contributed by atoms with van der Waals surface area (Å²) in [6.07, 6.45) is 9.13. The van der Waals surface area contributed by atoms with Crippen molar-refractivity contribution in [3.63, 3.8) is 0 Å². The van der Waals surface area contributed by atoms with Gasteiger partial charge in [-0.2, -0.15) is 0 Å². The summed E-state index contributed by atoms with van der Waals surface area (Å²) in [5, 5.41) is 6.68. The van der Waals surface area contributed by atoms with Gasteiger partial charge in [-0.15, -0.1) is 0 Å². The highest BCUT2D eigenvalue weighted by Crippen LogP contribution is 2.16. The summed E-state index contributed by atoms with van der Waals surface area (Å²) in [6, 6.07) is 0. The standard InChI is InChI=1S/C14H24N2/c1-10(2)6-7-13(8-11(3)4)14-9-15-12(5)16-14/h6-12,15-16H,1-5H3/b7-6-,13-8+. The lowest BCUT2D eigenvalue weighted by Gasteiger charge is -2.10. The van der Waals surface area contributed by atoms with Crippen molar-refractivity contribution in [1.29, 1.82) is 0 Å². The first-order valence-electron chi connectivity index (χ1n) is 6.12. The predicted molar refractivity (Wildman–Crippen MR) is 70.7 cm³/mol. The largest absolute Gasteiger partial charge is 0.370 e. The molecule has 90 valence electrons. The molecule has 0 spiro atoms. The Labute approximate surface area is 99.5 Å². The summed E-state index contributed by atoms with van der Waals surface area (Å²) in [5.74, 6) is 1.15. The third kappa shape index (κ3) is 4.13. The molecule has 0 aromatic rings. The fourth-order valence-corrected chi connectivity index (χ4v) is 1.58. The molecule has 1 aliphatic heterocycles. The third-order valence-electron chi connectivity index (χ3n) is 2.33. The molecule has 0 amide bonds. The van der Waals surface area contributed by atoms with Gasteiger partial charge < -0.3 is 10.6 Å². The van der Waals surface area contributed by atoms with Crippen LogP contribution in [0, 0.1) is 11.8 Å². The minimum Gasteiger partial charge on any atom is -0.370 e. The van der Waals surface area contributed by atoms with Gasteiger partial charge >= 0.3 is 0 Å². The zero-order valence-corrected chi connectivity index (χ0v) is 11.0. The van der Waals surface area contributed by atoms with E-state index in [0.29, 0.717) is 18.0 Å². The predicted octanol–water partition coefficient (Wildman–Crippen LogP) is 3.16. The van der Waals surface area contributed by atoms with Crippen LogP contribution in [0.4, 0.5) is 0 Å². The van der Waals surface area contributed by atoms with Crippen LogP contribution in [0.2, 0.25) is 0 Å². The van der Waals surface area contributed by atoms with Crippen LogP contribution in [0.25, 0.3) is 0 Å². The van der Waals surface area contributed by atoms with Crippen LogP contribution in [-0.4, -0.2) is 6.17 Å². The Bertz CT molecular complexity index is 309. The van der Waals surface area contributed by atoms with Gasteiger partial charge in [0.1, 0.15) is 0 Å². The van der Waals surface area contributed by atoms with Gasteiger partial charge in [0.25, 0.3) is 0 Å². The maximum absolute atomic E-state index is 3.41. The second-order valence-corrected chi connectivity index (χ2v) is 5.06. The molecule has 1 unspecified atom stereocenters. The quantitative estimate of drug-likeness (QED) is 0.711. The van der Waals surface area contributed by atoms with Crippen molar-refractivity contribution in [2.75, 3.05) is 0 Å². The van der Waals surface area contributed by atoms with Gasteiger partial charge in [0.2, 0.25) is 0 Å². The van der Waals surface area contributed by atoms with Crippen molar-refractivity contribution >= 4 is 0 Å².